The Morgan fingerprint density at radius 1 is 1.19 bits per heavy atom. The second-order valence-corrected chi connectivity index (χ2v) is 5.37. The van der Waals surface area contributed by atoms with Crippen LogP contribution in [0.25, 0.3) is 0 Å². The van der Waals surface area contributed by atoms with Gasteiger partial charge in [0.05, 0.1) is 19.3 Å². The number of rotatable bonds is 6. The molecule has 0 spiro atoms. The summed E-state index contributed by atoms with van der Waals surface area (Å²) >= 11 is 0. The number of hydrogen-bond acceptors (Lipinski definition) is 4. The predicted molar refractivity (Wildman–Crippen MR) is 63.1 cm³/mol. The third-order valence-electron chi connectivity index (χ3n) is 3.59. The molecule has 4 N–H and O–H groups in total. The maximum Gasteiger partial charge on any atom is 0.0580 e. The van der Waals surface area contributed by atoms with Gasteiger partial charge in [0, 0.05) is 18.5 Å². The highest BCUT2D eigenvalue weighted by Crippen LogP contribution is 2.23. The van der Waals surface area contributed by atoms with E-state index in [1.807, 2.05) is 6.92 Å². The van der Waals surface area contributed by atoms with Gasteiger partial charge in [-0.05, 0) is 18.8 Å². The van der Waals surface area contributed by atoms with E-state index in [4.69, 9.17) is 10.2 Å². The van der Waals surface area contributed by atoms with Gasteiger partial charge in [-0.1, -0.05) is 19.8 Å². The summed E-state index contributed by atoms with van der Waals surface area (Å²) in [5, 5.41) is 31.3. The normalized spacial score (nSPS) is 27.0. The maximum absolute atomic E-state index is 9.77. The first-order valence-electron chi connectivity index (χ1n) is 6.22. The molecule has 4 heteroatoms. The van der Waals surface area contributed by atoms with Gasteiger partial charge in [0.15, 0.2) is 0 Å². The van der Waals surface area contributed by atoms with Crippen molar-refractivity contribution in [3.8, 4) is 0 Å². The van der Waals surface area contributed by atoms with Crippen molar-refractivity contribution in [2.75, 3.05) is 26.3 Å². The summed E-state index contributed by atoms with van der Waals surface area (Å²) in [5.74, 6) is 0.329. The Labute approximate surface area is 97.7 Å². The van der Waals surface area contributed by atoms with Gasteiger partial charge in [-0.2, -0.15) is 0 Å². The molecule has 0 aromatic carbocycles. The van der Waals surface area contributed by atoms with Gasteiger partial charge in [-0.3, -0.25) is 0 Å². The molecule has 0 aromatic heterocycles. The third kappa shape index (κ3) is 4.01. The van der Waals surface area contributed by atoms with Gasteiger partial charge < -0.3 is 20.6 Å². The average Bonchev–Trinajstić information content (AvgIpc) is 2.31. The van der Waals surface area contributed by atoms with Gasteiger partial charge in [0.1, 0.15) is 0 Å². The van der Waals surface area contributed by atoms with Crippen molar-refractivity contribution in [2.45, 2.75) is 38.7 Å². The fourth-order valence-electron chi connectivity index (χ4n) is 2.15. The van der Waals surface area contributed by atoms with Crippen LogP contribution in [0, 0.1) is 11.3 Å². The zero-order valence-electron chi connectivity index (χ0n) is 10.2. The summed E-state index contributed by atoms with van der Waals surface area (Å²) < 4.78 is 0. The van der Waals surface area contributed by atoms with Crippen molar-refractivity contribution in [3.63, 3.8) is 0 Å². The molecule has 0 bridgehead atoms. The van der Waals surface area contributed by atoms with Crippen LogP contribution in [-0.2, 0) is 0 Å². The van der Waals surface area contributed by atoms with E-state index >= 15 is 0 Å². The topological polar surface area (TPSA) is 72.7 Å². The molecule has 0 heterocycles. The molecule has 0 aliphatic heterocycles. The van der Waals surface area contributed by atoms with E-state index in [0.29, 0.717) is 12.5 Å². The molecular formula is C12H25NO3. The Bertz CT molecular complexity index is 195. The van der Waals surface area contributed by atoms with E-state index in [9.17, 15) is 5.11 Å². The van der Waals surface area contributed by atoms with E-state index in [2.05, 4.69) is 5.32 Å². The Morgan fingerprint density at radius 2 is 1.81 bits per heavy atom. The largest absolute Gasteiger partial charge is 0.396 e. The monoisotopic (exact) mass is 231 g/mol. The highest BCUT2D eigenvalue weighted by molar-refractivity contribution is 4.79. The Balaban J connectivity index is 2.23. The Hall–Kier alpha value is -0.160. The van der Waals surface area contributed by atoms with Gasteiger partial charge >= 0.3 is 0 Å². The molecule has 1 aliphatic rings. The van der Waals surface area contributed by atoms with E-state index in [1.54, 1.807) is 0 Å². The molecule has 0 aromatic rings. The fraction of sp³-hybridized carbons (Fsp3) is 1.00. The minimum absolute atomic E-state index is 0.0241. The molecule has 1 fully saturated rings. The minimum Gasteiger partial charge on any atom is -0.396 e. The molecule has 0 saturated heterocycles. The van der Waals surface area contributed by atoms with Crippen LogP contribution in [0.3, 0.4) is 0 Å². The summed E-state index contributed by atoms with van der Waals surface area (Å²) in [6, 6.07) is 0. The quantitative estimate of drug-likeness (QED) is 0.524. The van der Waals surface area contributed by atoms with Crippen LogP contribution in [0.2, 0.25) is 0 Å². The predicted octanol–water partition coefficient (Wildman–Crippen LogP) is 0.118. The van der Waals surface area contributed by atoms with Gasteiger partial charge in [-0.15, -0.1) is 0 Å². The molecule has 4 nitrogen and oxygen atoms in total. The molecule has 1 saturated carbocycles. The van der Waals surface area contributed by atoms with E-state index < -0.39 is 5.41 Å². The van der Waals surface area contributed by atoms with Crippen LogP contribution in [0.5, 0.6) is 0 Å². The maximum atomic E-state index is 9.77. The van der Waals surface area contributed by atoms with Gasteiger partial charge in [0.25, 0.3) is 0 Å². The van der Waals surface area contributed by atoms with Gasteiger partial charge in [0.2, 0.25) is 0 Å². The second kappa shape index (κ2) is 6.55. The molecule has 2 atom stereocenters. The van der Waals surface area contributed by atoms with Crippen molar-refractivity contribution in [2.24, 2.45) is 11.3 Å². The number of aliphatic hydroxyl groups excluding tert-OH is 3. The van der Waals surface area contributed by atoms with Crippen molar-refractivity contribution < 1.29 is 15.3 Å². The molecule has 0 radical (unpaired) electrons. The molecule has 16 heavy (non-hydrogen) atoms. The first-order chi connectivity index (χ1) is 7.61. The highest BCUT2D eigenvalue weighted by atomic mass is 16.3. The van der Waals surface area contributed by atoms with Crippen LogP contribution in [0.4, 0.5) is 0 Å². The van der Waals surface area contributed by atoms with Crippen LogP contribution >= 0.6 is 0 Å². The Morgan fingerprint density at radius 3 is 2.38 bits per heavy atom. The first-order valence-corrected chi connectivity index (χ1v) is 6.22. The van der Waals surface area contributed by atoms with Crippen molar-refractivity contribution in [1.82, 2.24) is 5.32 Å². The third-order valence-corrected chi connectivity index (χ3v) is 3.59. The van der Waals surface area contributed by atoms with Crippen molar-refractivity contribution >= 4 is 0 Å². The molecule has 1 rings (SSSR count). The summed E-state index contributed by atoms with van der Waals surface area (Å²) in [5.41, 5.74) is -0.459. The van der Waals surface area contributed by atoms with E-state index in [1.165, 1.54) is 6.42 Å². The lowest BCUT2D eigenvalue weighted by Gasteiger charge is -2.30. The fourth-order valence-corrected chi connectivity index (χ4v) is 2.15. The lowest BCUT2D eigenvalue weighted by atomic mass is 9.86. The average molecular weight is 231 g/mol. The molecular weight excluding hydrogens is 206 g/mol. The summed E-state index contributed by atoms with van der Waals surface area (Å²) in [7, 11) is 0. The molecule has 1 aliphatic carbocycles. The van der Waals surface area contributed by atoms with Crippen molar-refractivity contribution in [1.29, 1.82) is 0 Å². The summed E-state index contributed by atoms with van der Waals surface area (Å²) in [6.45, 7) is 3.16. The van der Waals surface area contributed by atoms with Crippen LogP contribution < -0.4 is 5.32 Å². The van der Waals surface area contributed by atoms with Crippen LogP contribution in [0.15, 0.2) is 0 Å². The molecule has 96 valence electrons. The van der Waals surface area contributed by atoms with E-state index in [-0.39, 0.29) is 19.3 Å². The van der Waals surface area contributed by atoms with Crippen LogP contribution in [0.1, 0.15) is 32.6 Å². The Kier molecular flexibility index (Phi) is 5.69. The summed E-state index contributed by atoms with van der Waals surface area (Å²) in [4.78, 5) is 0. The zero-order valence-corrected chi connectivity index (χ0v) is 10.2. The lowest BCUT2D eigenvalue weighted by Crippen LogP contribution is -2.42. The number of nitrogens with one attached hydrogen (secondary N) is 1. The zero-order chi connectivity index (χ0) is 12.0. The standard InChI is InChI=1S/C12H25NO3/c1-12(8-14,9-15)7-13-6-10-4-2-3-5-11(10)16/h10-11,13-16H,2-9H2,1H3. The summed E-state index contributed by atoms with van der Waals surface area (Å²) in [6.07, 6.45) is 4.12. The lowest BCUT2D eigenvalue weighted by molar-refractivity contribution is 0.0530. The smallest absolute Gasteiger partial charge is 0.0580 e. The van der Waals surface area contributed by atoms with Crippen molar-refractivity contribution in [3.05, 3.63) is 0 Å². The SMILES string of the molecule is CC(CO)(CO)CNCC1CCCCC1O. The number of aliphatic hydroxyl groups is 3. The van der Waals surface area contributed by atoms with E-state index in [0.717, 1.165) is 25.8 Å². The molecule has 0 amide bonds. The minimum atomic E-state index is -0.459. The second-order valence-electron chi connectivity index (χ2n) is 5.37. The highest BCUT2D eigenvalue weighted by Gasteiger charge is 2.25. The van der Waals surface area contributed by atoms with Crippen LogP contribution in [-0.4, -0.2) is 47.7 Å². The first kappa shape index (κ1) is 13.9. The number of hydrogen-bond donors (Lipinski definition) is 4. The van der Waals surface area contributed by atoms with Gasteiger partial charge in [-0.25, -0.2) is 0 Å². The molecule has 2 unspecified atom stereocenters.